The van der Waals surface area contributed by atoms with E-state index >= 15 is 0 Å². The number of hydrogen-bond donors (Lipinski definition) is 1. The van der Waals surface area contributed by atoms with Crippen LogP contribution >= 0.6 is 0 Å². The predicted molar refractivity (Wildman–Crippen MR) is 114 cm³/mol. The van der Waals surface area contributed by atoms with Crippen molar-refractivity contribution in [3.63, 3.8) is 0 Å². The van der Waals surface area contributed by atoms with Gasteiger partial charge in [-0.3, -0.25) is 14.2 Å². The number of halogens is 4. The van der Waals surface area contributed by atoms with Crippen molar-refractivity contribution in [3.8, 4) is 0 Å². The number of alkyl halides is 3. The summed E-state index contributed by atoms with van der Waals surface area (Å²) in [7, 11) is 0. The molecule has 2 aromatic rings. The fourth-order valence-electron chi connectivity index (χ4n) is 4.04. The summed E-state index contributed by atoms with van der Waals surface area (Å²) in [5, 5.41) is -0.115. The molecule has 1 amide bonds. The summed E-state index contributed by atoms with van der Waals surface area (Å²) in [6.45, 7) is 4.62. The fourth-order valence-corrected chi connectivity index (χ4v) is 4.04. The number of anilines is 1. The Morgan fingerprint density at radius 2 is 1.91 bits per heavy atom. The first-order chi connectivity index (χ1) is 15.6. The van der Waals surface area contributed by atoms with Gasteiger partial charge in [-0.15, -0.1) is 0 Å². The second-order valence-electron chi connectivity index (χ2n) is 7.62. The molecular formula is C21H20F4N6O2. The van der Waals surface area contributed by atoms with Crippen molar-refractivity contribution in [2.75, 3.05) is 31.1 Å². The first-order valence-corrected chi connectivity index (χ1v) is 10.1. The molecular weight excluding hydrogens is 444 g/mol. The molecule has 2 aromatic heterocycles. The highest BCUT2D eigenvalue weighted by Gasteiger charge is 2.38. The molecule has 1 aliphatic heterocycles. The standard InChI is InChI=1S/C21H20F4N6O2/c1-2-16(32)29-6-8-30(9-7-29)19-12-10-15(21(23,24)25)31(20(33)17(12)27-11-28-19)18-13(22)4-3-5-14(18)26/h2-4,10-11,14H,1,5-9,26H2. The topological polar surface area (TPSA) is 97.4 Å². The lowest BCUT2D eigenvalue weighted by atomic mass is 10.0. The molecule has 12 heteroatoms. The number of fused-ring (bicyclic) bond motifs is 1. The fraction of sp³-hybridized carbons (Fsp3) is 0.333. The van der Waals surface area contributed by atoms with E-state index in [0.29, 0.717) is 13.1 Å². The first-order valence-electron chi connectivity index (χ1n) is 10.1. The molecule has 0 aromatic carbocycles. The summed E-state index contributed by atoms with van der Waals surface area (Å²) in [5.41, 5.74) is 2.51. The number of piperazine rings is 1. The van der Waals surface area contributed by atoms with E-state index in [2.05, 4.69) is 16.5 Å². The monoisotopic (exact) mass is 464 g/mol. The minimum absolute atomic E-state index is 0.0766. The smallest absolute Gasteiger partial charge is 0.352 e. The second kappa shape index (κ2) is 8.43. The lowest BCUT2D eigenvalue weighted by molar-refractivity contribution is -0.142. The number of nitrogens with zero attached hydrogens (tertiary/aromatic N) is 5. The highest BCUT2D eigenvalue weighted by Crippen LogP contribution is 2.35. The van der Waals surface area contributed by atoms with Crippen molar-refractivity contribution >= 4 is 28.3 Å². The molecule has 1 fully saturated rings. The normalized spacial score (nSPS) is 19.4. The third kappa shape index (κ3) is 4.01. The Labute approximate surface area is 185 Å². The van der Waals surface area contributed by atoms with E-state index in [-0.39, 0.29) is 46.7 Å². The van der Waals surface area contributed by atoms with E-state index < -0.39 is 35.0 Å². The van der Waals surface area contributed by atoms with Crippen LogP contribution in [0.2, 0.25) is 0 Å². The zero-order chi connectivity index (χ0) is 23.9. The van der Waals surface area contributed by atoms with Gasteiger partial charge in [-0.25, -0.2) is 14.4 Å². The van der Waals surface area contributed by atoms with Crippen LogP contribution in [0.15, 0.2) is 47.8 Å². The zero-order valence-electron chi connectivity index (χ0n) is 17.3. The summed E-state index contributed by atoms with van der Waals surface area (Å²) in [6, 6.07) is -0.387. The molecule has 2 aliphatic rings. The van der Waals surface area contributed by atoms with Crippen LogP contribution < -0.4 is 16.2 Å². The molecule has 0 bridgehead atoms. The van der Waals surface area contributed by atoms with Gasteiger partial charge in [0.15, 0.2) is 0 Å². The molecule has 0 radical (unpaired) electrons. The summed E-state index contributed by atoms with van der Waals surface area (Å²) < 4.78 is 56.9. The average molecular weight is 464 g/mol. The van der Waals surface area contributed by atoms with Crippen molar-refractivity contribution in [2.45, 2.75) is 18.6 Å². The number of rotatable bonds is 3. The predicted octanol–water partition coefficient (Wildman–Crippen LogP) is 2.07. The van der Waals surface area contributed by atoms with Gasteiger partial charge in [-0.2, -0.15) is 13.2 Å². The van der Waals surface area contributed by atoms with Crippen LogP contribution in [0.1, 0.15) is 12.1 Å². The van der Waals surface area contributed by atoms with Gasteiger partial charge in [0.25, 0.3) is 5.56 Å². The molecule has 8 nitrogen and oxygen atoms in total. The quantitative estimate of drug-likeness (QED) is 0.552. The first kappa shape index (κ1) is 22.6. The third-order valence-corrected chi connectivity index (χ3v) is 5.64. The second-order valence-corrected chi connectivity index (χ2v) is 7.62. The molecule has 0 saturated carbocycles. The van der Waals surface area contributed by atoms with Gasteiger partial charge in [0.2, 0.25) is 5.91 Å². The van der Waals surface area contributed by atoms with Crippen molar-refractivity contribution in [1.82, 2.24) is 19.4 Å². The van der Waals surface area contributed by atoms with Crippen LogP contribution in [0.4, 0.5) is 23.4 Å². The SMILES string of the molecule is C=CC(=O)N1CCN(c2ncnc3c(=O)n(C4=C(F)C=CCC4N)c(C(F)(F)F)cc23)CC1. The third-order valence-electron chi connectivity index (χ3n) is 5.64. The van der Waals surface area contributed by atoms with Crippen LogP contribution in [0, 0.1) is 0 Å². The minimum Gasteiger partial charge on any atom is -0.352 e. The van der Waals surface area contributed by atoms with E-state index in [1.54, 1.807) is 9.80 Å². The summed E-state index contributed by atoms with van der Waals surface area (Å²) in [4.78, 5) is 36.3. The van der Waals surface area contributed by atoms with Crippen molar-refractivity contribution in [1.29, 1.82) is 0 Å². The van der Waals surface area contributed by atoms with E-state index in [0.717, 1.165) is 18.5 Å². The van der Waals surface area contributed by atoms with Crippen molar-refractivity contribution < 1.29 is 22.4 Å². The molecule has 4 rings (SSSR count). The molecule has 1 atom stereocenters. The number of carbonyl (C=O) groups excluding carboxylic acids is 1. The Hall–Kier alpha value is -3.54. The maximum absolute atomic E-state index is 14.5. The van der Waals surface area contributed by atoms with Gasteiger partial charge in [-0.1, -0.05) is 12.7 Å². The Morgan fingerprint density at radius 1 is 1.21 bits per heavy atom. The van der Waals surface area contributed by atoms with Gasteiger partial charge in [0.1, 0.15) is 29.2 Å². The van der Waals surface area contributed by atoms with E-state index in [4.69, 9.17) is 5.73 Å². The maximum atomic E-state index is 14.5. The lowest BCUT2D eigenvalue weighted by Crippen LogP contribution is -2.48. The highest BCUT2D eigenvalue weighted by atomic mass is 19.4. The number of amides is 1. The Bertz CT molecular complexity index is 1240. The van der Waals surface area contributed by atoms with E-state index in [1.165, 1.54) is 12.2 Å². The molecule has 3 heterocycles. The molecule has 33 heavy (non-hydrogen) atoms. The van der Waals surface area contributed by atoms with Gasteiger partial charge in [0.05, 0.1) is 17.1 Å². The molecule has 1 saturated heterocycles. The van der Waals surface area contributed by atoms with E-state index in [9.17, 15) is 27.2 Å². The zero-order valence-corrected chi connectivity index (χ0v) is 17.3. The number of hydrogen-bond acceptors (Lipinski definition) is 6. The Balaban J connectivity index is 1.89. The Morgan fingerprint density at radius 3 is 2.52 bits per heavy atom. The average Bonchev–Trinajstić information content (AvgIpc) is 2.78. The largest absolute Gasteiger partial charge is 0.431 e. The van der Waals surface area contributed by atoms with Gasteiger partial charge in [0, 0.05) is 26.2 Å². The summed E-state index contributed by atoms with van der Waals surface area (Å²) in [5.74, 6) is -1.14. The molecule has 2 N–H and O–H groups in total. The molecule has 1 unspecified atom stereocenters. The van der Waals surface area contributed by atoms with Gasteiger partial charge >= 0.3 is 6.18 Å². The number of carbonyl (C=O) groups is 1. The molecule has 1 aliphatic carbocycles. The van der Waals surface area contributed by atoms with E-state index in [1.807, 2.05) is 0 Å². The van der Waals surface area contributed by atoms with Crippen LogP contribution in [0.5, 0.6) is 0 Å². The van der Waals surface area contributed by atoms with Crippen LogP contribution in [0.3, 0.4) is 0 Å². The number of pyridine rings is 1. The number of nitrogens with two attached hydrogens (primary N) is 1. The van der Waals surface area contributed by atoms with Crippen LogP contribution in [-0.4, -0.2) is 57.6 Å². The van der Waals surface area contributed by atoms with Crippen LogP contribution in [0.25, 0.3) is 16.6 Å². The molecule has 174 valence electrons. The lowest BCUT2D eigenvalue weighted by Gasteiger charge is -2.35. The molecule has 0 spiro atoms. The number of allylic oxidation sites excluding steroid dienone is 2. The van der Waals surface area contributed by atoms with Gasteiger partial charge < -0.3 is 15.5 Å². The summed E-state index contributed by atoms with van der Waals surface area (Å²) in [6.07, 6.45) is -0.266. The Kier molecular flexibility index (Phi) is 5.78. The van der Waals surface area contributed by atoms with Crippen molar-refractivity contribution in [3.05, 3.63) is 59.1 Å². The van der Waals surface area contributed by atoms with Gasteiger partial charge in [-0.05, 0) is 24.6 Å². The number of aromatic nitrogens is 3. The van der Waals surface area contributed by atoms with Crippen molar-refractivity contribution in [2.24, 2.45) is 5.73 Å². The summed E-state index contributed by atoms with van der Waals surface area (Å²) >= 11 is 0. The van der Waals surface area contributed by atoms with Crippen LogP contribution in [-0.2, 0) is 11.0 Å². The minimum atomic E-state index is -4.98. The highest BCUT2D eigenvalue weighted by molar-refractivity contribution is 5.90. The maximum Gasteiger partial charge on any atom is 0.431 e.